The van der Waals surface area contributed by atoms with Gasteiger partial charge in [0.1, 0.15) is 24.7 Å². The molecule has 4 rings (SSSR count). The summed E-state index contributed by atoms with van der Waals surface area (Å²) in [4.78, 5) is 26.7. The third-order valence-electron chi connectivity index (χ3n) is 4.88. The van der Waals surface area contributed by atoms with E-state index in [2.05, 4.69) is 12.1 Å². The highest BCUT2D eigenvalue weighted by Gasteiger charge is 2.34. The van der Waals surface area contributed by atoms with Crippen LogP contribution in [0.25, 0.3) is 6.08 Å². The topological polar surface area (TPSA) is 55.8 Å². The maximum atomic E-state index is 12.7. The highest BCUT2D eigenvalue weighted by Crippen LogP contribution is 2.32. The highest BCUT2D eigenvalue weighted by molar-refractivity contribution is 8.18. The molecule has 6 heteroatoms. The van der Waals surface area contributed by atoms with Crippen LogP contribution in [-0.4, -0.2) is 29.2 Å². The Morgan fingerprint density at radius 3 is 2.41 bits per heavy atom. The Hall–Kier alpha value is -3.51. The smallest absolute Gasteiger partial charge is 0.293 e. The van der Waals surface area contributed by atoms with E-state index in [1.165, 1.54) is 10.5 Å². The van der Waals surface area contributed by atoms with E-state index in [1.807, 2.05) is 73.7 Å². The van der Waals surface area contributed by atoms with E-state index in [-0.39, 0.29) is 24.3 Å². The van der Waals surface area contributed by atoms with Gasteiger partial charge in [0.2, 0.25) is 0 Å². The molecule has 0 aliphatic carbocycles. The molecule has 1 aliphatic rings. The maximum absolute atomic E-state index is 12.7. The van der Waals surface area contributed by atoms with Crippen LogP contribution in [0.5, 0.6) is 11.5 Å². The van der Waals surface area contributed by atoms with E-state index >= 15 is 0 Å². The standard InChI is InChI=1S/C26H23NO4S/c1-19-10-12-20(13-11-19)18-31-23-9-5-6-21(16-23)17-24-25(28)27(26(29)32-24)14-15-30-22-7-3-2-4-8-22/h2-13,16-17H,14-15,18H2,1H3/b24-17-. The number of hydrogen-bond acceptors (Lipinski definition) is 5. The number of aryl methyl sites for hydroxylation is 1. The molecule has 0 radical (unpaired) electrons. The van der Waals surface area contributed by atoms with Gasteiger partial charge >= 0.3 is 0 Å². The third-order valence-corrected chi connectivity index (χ3v) is 5.79. The molecule has 0 saturated carbocycles. The van der Waals surface area contributed by atoms with Gasteiger partial charge < -0.3 is 9.47 Å². The molecule has 0 atom stereocenters. The van der Waals surface area contributed by atoms with E-state index < -0.39 is 0 Å². The Balaban J connectivity index is 1.36. The van der Waals surface area contributed by atoms with E-state index in [0.29, 0.717) is 23.0 Å². The van der Waals surface area contributed by atoms with Crippen LogP contribution in [0, 0.1) is 6.92 Å². The fourth-order valence-electron chi connectivity index (χ4n) is 3.16. The minimum atomic E-state index is -0.303. The van der Waals surface area contributed by atoms with Crippen molar-refractivity contribution < 1.29 is 19.1 Å². The SMILES string of the molecule is Cc1ccc(COc2cccc(/C=C3\SC(=O)N(CCOc4ccccc4)C3=O)c2)cc1. The molecule has 0 aromatic heterocycles. The molecule has 5 nitrogen and oxygen atoms in total. The molecule has 0 spiro atoms. The Morgan fingerprint density at radius 2 is 1.62 bits per heavy atom. The number of rotatable bonds is 8. The van der Waals surface area contributed by atoms with Crippen molar-refractivity contribution in [1.82, 2.24) is 4.90 Å². The van der Waals surface area contributed by atoms with Crippen molar-refractivity contribution in [1.29, 1.82) is 0 Å². The van der Waals surface area contributed by atoms with Crippen LogP contribution in [0.15, 0.2) is 83.8 Å². The number of hydrogen-bond donors (Lipinski definition) is 0. The average Bonchev–Trinajstić information content (AvgIpc) is 3.07. The van der Waals surface area contributed by atoms with Gasteiger partial charge in [-0.3, -0.25) is 14.5 Å². The summed E-state index contributed by atoms with van der Waals surface area (Å²) in [5.41, 5.74) is 3.09. The molecule has 3 aromatic rings. The summed E-state index contributed by atoms with van der Waals surface area (Å²) in [6.45, 7) is 2.96. The minimum Gasteiger partial charge on any atom is -0.492 e. The zero-order valence-electron chi connectivity index (χ0n) is 17.7. The summed E-state index contributed by atoms with van der Waals surface area (Å²) < 4.78 is 11.5. The fraction of sp³-hybridized carbons (Fsp3) is 0.154. The number of thioether (sulfide) groups is 1. The number of carbonyl (C=O) groups excluding carboxylic acids is 2. The summed E-state index contributed by atoms with van der Waals surface area (Å²) in [7, 11) is 0. The van der Waals surface area contributed by atoms with Crippen LogP contribution in [0.1, 0.15) is 16.7 Å². The van der Waals surface area contributed by atoms with Gasteiger partial charge in [-0.1, -0.05) is 60.2 Å². The second-order valence-electron chi connectivity index (χ2n) is 7.34. The lowest BCUT2D eigenvalue weighted by Crippen LogP contribution is -2.32. The number of imide groups is 1. The summed E-state index contributed by atoms with van der Waals surface area (Å²) in [6.07, 6.45) is 1.72. The molecule has 32 heavy (non-hydrogen) atoms. The van der Waals surface area contributed by atoms with Crippen LogP contribution in [0.3, 0.4) is 0 Å². The van der Waals surface area contributed by atoms with Crippen LogP contribution in [-0.2, 0) is 11.4 Å². The molecule has 3 aromatic carbocycles. The largest absolute Gasteiger partial charge is 0.492 e. The average molecular weight is 446 g/mol. The highest BCUT2D eigenvalue weighted by atomic mass is 32.2. The zero-order valence-corrected chi connectivity index (χ0v) is 18.5. The monoisotopic (exact) mass is 445 g/mol. The van der Waals surface area contributed by atoms with Crippen molar-refractivity contribution in [2.75, 3.05) is 13.2 Å². The van der Waals surface area contributed by atoms with Crippen LogP contribution < -0.4 is 9.47 Å². The van der Waals surface area contributed by atoms with Gasteiger partial charge in [0.25, 0.3) is 11.1 Å². The number of benzene rings is 3. The molecule has 1 fully saturated rings. The first-order valence-electron chi connectivity index (χ1n) is 10.3. The zero-order chi connectivity index (χ0) is 22.3. The molecule has 1 aliphatic heterocycles. The molecule has 0 bridgehead atoms. The van der Waals surface area contributed by atoms with Gasteiger partial charge in [0.15, 0.2) is 0 Å². The van der Waals surface area contributed by atoms with Crippen LogP contribution in [0.4, 0.5) is 4.79 Å². The first-order valence-corrected chi connectivity index (χ1v) is 11.1. The Kier molecular flexibility index (Phi) is 6.92. The summed E-state index contributed by atoms with van der Waals surface area (Å²) in [5.74, 6) is 1.11. The van der Waals surface area contributed by atoms with Crippen molar-refractivity contribution in [2.45, 2.75) is 13.5 Å². The Bertz CT molecular complexity index is 1130. The van der Waals surface area contributed by atoms with Crippen LogP contribution in [0.2, 0.25) is 0 Å². The van der Waals surface area contributed by atoms with Gasteiger partial charge in [0, 0.05) is 0 Å². The lowest BCUT2D eigenvalue weighted by molar-refractivity contribution is -0.123. The quantitative estimate of drug-likeness (QED) is 0.417. The predicted octanol–water partition coefficient (Wildman–Crippen LogP) is 5.69. The van der Waals surface area contributed by atoms with Crippen molar-refractivity contribution in [3.8, 4) is 11.5 Å². The molecule has 0 unspecified atom stereocenters. The maximum Gasteiger partial charge on any atom is 0.293 e. The van der Waals surface area contributed by atoms with E-state index in [0.717, 1.165) is 22.9 Å². The minimum absolute atomic E-state index is 0.205. The van der Waals surface area contributed by atoms with Crippen molar-refractivity contribution in [3.05, 3.63) is 100 Å². The predicted molar refractivity (Wildman–Crippen MR) is 127 cm³/mol. The number of nitrogens with zero attached hydrogens (tertiary/aromatic N) is 1. The fourth-order valence-corrected chi connectivity index (χ4v) is 4.03. The Labute approximate surface area is 191 Å². The van der Waals surface area contributed by atoms with Gasteiger partial charge in [-0.05, 0) is 60.2 Å². The lowest BCUT2D eigenvalue weighted by Gasteiger charge is -2.13. The van der Waals surface area contributed by atoms with Gasteiger partial charge in [-0.15, -0.1) is 0 Å². The van der Waals surface area contributed by atoms with E-state index in [9.17, 15) is 9.59 Å². The summed E-state index contributed by atoms with van der Waals surface area (Å²) in [5, 5.41) is -0.287. The molecular formula is C26H23NO4S. The van der Waals surface area contributed by atoms with Crippen molar-refractivity contribution in [3.63, 3.8) is 0 Å². The second-order valence-corrected chi connectivity index (χ2v) is 8.33. The number of carbonyl (C=O) groups is 2. The summed E-state index contributed by atoms with van der Waals surface area (Å²) >= 11 is 0.942. The molecule has 0 N–H and O–H groups in total. The summed E-state index contributed by atoms with van der Waals surface area (Å²) in [6, 6.07) is 25.0. The first-order chi connectivity index (χ1) is 15.6. The number of ether oxygens (including phenoxy) is 2. The van der Waals surface area contributed by atoms with Crippen molar-refractivity contribution in [2.24, 2.45) is 0 Å². The van der Waals surface area contributed by atoms with Gasteiger partial charge in [0.05, 0.1) is 11.4 Å². The normalized spacial score (nSPS) is 14.8. The van der Waals surface area contributed by atoms with Crippen LogP contribution >= 0.6 is 11.8 Å². The van der Waals surface area contributed by atoms with Gasteiger partial charge in [-0.25, -0.2) is 0 Å². The van der Waals surface area contributed by atoms with Crippen molar-refractivity contribution >= 4 is 29.0 Å². The Morgan fingerprint density at radius 1 is 0.875 bits per heavy atom. The molecule has 1 heterocycles. The number of amides is 2. The molecular weight excluding hydrogens is 422 g/mol. The number of para-hydroxylation sites is 1. The molecule has 162 valence electrons. The van der Waals surface area contributed by atoms with E-state index in [1.54, 1.807) is 6.08 Å². The van der Waals surface area contributed by atoms with Gasteiger partial charge in [-0.2, -0.15) is 0 Å². The molecule has 2 amide bonds. The lowest BCUT2D eigenvalue weighted by atomic mass is 10.1. The molecule has 1 saturated heterocycles. The third kappa shape index (κ3) is 5.59. The second kappa shape index (κ2) is 10.2. The van der Waals surface area contributed by atoms with E-state index in [4.69, 9.17) is 9.47 Å². The first kappa shape index (κ1) is 21.7.